The van der Waals surface area contributed by atoms with Gasteiger partial charge < -0.3 is 10.0 Å². The van der Waals surface area contributed by atoms with Crippen LogP contribution in [0.15, 0.2) is 12.1 Å². The highest BCUT2D eigenvalue weighted by Crippen LogP contribution is 2.17. The number of amides is 1. The van der Waals surface area contributed by atoms with Crippen molar-refractivity contribution in [3.05, 3.63) is 34.9 Å². The Kier molecular flexibility index (Phi) is 4.58. The van der Waals surface area contributed by atoms with Gasteiger partial charge in [-0.25, -0.2) is 8.78 Å². The lowest BCUT2D eigenvalue weighted by atomic mass is 10.1. The van der Waals surface area contributed by atoms with E-state index in [9.17, 15) is 18.4 Å². The zero-order chi connectivity index (χ0) is 14.7. The molecule has 0 saturated heterocycles. The average molecular weight is 271 g/mol. The molecule has 1 aromatic rings. The van der Waals surface area contributed by atoms with Crippen molar-refractivity contribution in [3.63, 3.8) is 0 Å². The number of aryl methyl sites for hydroxylation is 1. The molecular formula is C13H15F2NO3. The maximum absolute atomic E-state index is 13.6. The van der Waals surface area contributed by atoms with E-state index in [1.54, 1.807) is 13.8 Å². The number of hydrogen-bond donors (Lipinski definition) is 1. The van der Waals surface area contributed by atoms with Gasteiger partial charge in [0.15, 0.2) is 0 Å². The van der Waals surface area contributed by atoms with E-state index in [1.807, 2.05) is 0 Å². The summed E-state index contributed by atoms with van der Waals surface area (Å²) >= 11 is 0. The highest BCUT2D eigenvalue weighted by atomic mass is 19.1. The van der Waals surface area contributed by atoms with Crippen molar-refractivity contribution >= 4 is 11.9 Å². The van der Waals surface area contributed by atoms with Crippen LogP contribution in [0.2, 0.25) is 0 Å². The van der Waals surface area contributed by atoms with Crippen LogP contribution in [0.5, 0.6) is 0 Å². The van der Waals surface area contributed by atoms with Gasteiger partial charge in [0, 0.05) is 12.1 Å². The Morgan fingerprint density at radius 2 is 1.84 bits per heavy atom. The average Bonchev–Trinajstić information content (AvgIpc) is 2.29. The Bertz CT molecular complexity index is 515. The minimum atomic E-state index is -1.19. The SMILES string of the molecule is Cc1cc(C(=O)N(CC(=O)O)C(C)C)c(F)cc1F. The second-order valence-corrected chi connectivity index (χ2v) is 4.50. The molecule has 0 atom stereocenters. The quantitative estimate of drug-likeness (QED) is 0.913. The standard InChI is InChI=1S/C13H15F2NO3/c1-7(2)16(6-12(17)18)13(19)9-4-8(3)10(14)5-11(9)15/h4-5,7H,6H2,1-3H3,(H,17,18). The van der Waals surface area contributed by atoms with E-state index in [0.717, 1.165) is 11.0 Å². The van der Waals surface area contributed by atoms with E-state index < -0.39 is 36.1 Å². The molecule has 0 aliphatic rings. The Balaban J connectivity index is 3.16. The van der Waals surface area contributed by atoms with Crippen molar-refractivity contribution in [2.75, 3.05) is 6.54 Å². The molecule has 0 radical (unpaired) electrons. The lowest BCUT2D eigenvalue weighted by Crippen LogP contribution is -2.41. The first kappa shape index (κ1) is 15.1. The maximum atomic E-state index is 13.6. The normalized spacial score (nSPS) is 10.6. The molecule has 0 aliphatic heterocycles. The molecule has 0 spiro atoms. The number of carbonyl (C=O) groups is 2. The lowest BCUT2D eigenvalue weighted by molar-refractivity contribution is -0.138. The lowest BCUT2D eigenvalue weighted by Gasteiger charge is -2.25. The van der Waals surface area contributed by atoms with Gasteiger partial charge in [0.25, 0.3) is 5.91 Å². The number of carboxylic acid groups (broad SMARTS) is 1. The van der Waals surface area contributed by atoms with Crippen LogP contribution in [-0.4, -0.2) is 34.5 Å². The van der Waals surface area contributed by atoms with E-state index in [-0.39, 0.29) is 11.1 Å². The number of aliphatic carboxylic acids is 1. The van der Waals surface area contributed by atoms with Gasteiger partial charge in [0.05, 0.1) is 5.56 Å². The predicted octanol–water partition coefficient (Wildman–Crippen LogP) is 2.21. The second-order valence-electron chi connectivity index (χ2n) is 4.50. The predicted molar refractivity (Wildman–Crippen MR) is 64.9 cm³/mol. The van der Waals surface area contributed by atoms with Crippen LogP contribution in [0.25, 0.3) is 0 Å². The third-order valence-corrected chi connectivity index (χ3v) is 2.67. The Morgan fingerprint density at radius 1 is 1.26 bits per heavy atom. The van der Waals surface area contributed by atoms with E-state index in [2.05, 4.69) is 0 Å². The van der Waals surface area contributed by atoms with Crippen LogP contribution in [0, 0.1) is 18.6 Å². The summed E-state index contributed by atoms with van der Waals surface area (Å²) < 4.78 is 26.7. The molecule has 4 nitrogen and oxygen atoms in total. The molecule has 0 fully saturated rings. The van der Waals surface area contributed by atoms with Crippen LogP contribution in [-0.2, 0) is 4.79 Å². The van der Waals surface area contributed by atoms with Crippen LogP contribution in [0.1, 0.15) is 29.8 Å². The summed E-state index contributed by atoms with van der Waals surface area (Å²) in [7, 11) is 0. The summed E-state index contributed by atoms with van der Waals surface area (Å²) in [6, 6.07) is 1.31. The molecule has 0 aromatic heterocycles. The maximum Gasteiger partial charge on any atom is 0.323 e. The van der Waals surface area contributed by atoms with Gasteiger partial charge in [-0.05, 0) is 32.4 Å². The van der Waals surface area contributed by atoms with E-state index in [0.29, 0.717) is 6.07 Å². The molecule has 1 aromatic carbocycles. The van der Waals surface area contributed by atoms with Gasteiger partial charge in [0.1, 0.15) is 18.2 Å². The monoisotopic (exact) mass is 271 g/mol. The van der Waals surface area contributed by atoms with E-state index >= 15 is 0 Å². The molecule has 104 valence electrons. The number of carboxylic acids is 1. The summed E-state index contributed by atoms with van der Waals surface area (Å²) in [5.41, 5.74) is -0.197. The van der Waals surface area contributed by atoms with Crippen molar-refractivity contribution in [2.45, 2.75) is 26.8 Å². The molecule has 0 bridgehead atoms. The molecule has 0 saturated carbocycles. The van der Waals surface area contributed by atoms with E-state index in [4.69, 9.17) is 5.11 Å². The number of benzene rings is 1. The molecular weight excluding hydrogens is 256 g/mol. The zero-order valence-corrected chi connectivity index (χ0v) is 10.9. The van der Waals surface area contributed by atoms with Crippen molar-refractivity contribution in [2.24, 2.45) is 0 Å². The number of carbonyl (C=O) groups excluding carboxylic acids is 1. The molecule has 6 heteroatoms. The summed E-state index contributed by atoms with van der Waals surface area (Å²) in [4.78, 5) is 23.8. The number of halogens is 2. The summed E-state index contributed by atoms with van der Waals surface area (Å²) in [6.07, 6.45) is 0. The first-order chi connectivity index (χ1) is 8.73. The third-order valence-electron chi connectivity index (χ3n) is 2.67. The van der Waals surface area contributed by atoms with Crippen molar-refractivity contribution in [3.8, 4) is 0 Å². The smallest absolute Gasteiger partial charge is 0.323 e. The van der Waals surface area contributed by atoms with Gasteiger partial charge in [-0.3, -0.25) is 9.59 Å². The Morgan fingerprint density at radius 3 is 2.32 bits per heavy atom. The first-order valence-electron chi connectivity index (χ1n) is 5.72. The Labute approximate surface area is 109 Å². The highest BCUT2D eigenvalue weighted by molar-refractivity contribution is 5.96. The van der Waals surface area contributed by atoms with Crippen molar-refractivity contribution < 1.29 is 23.5 Å². The molecule has 1 amide bonds. The Hall–Kier alpha value is -1.98. The number of hydrogen-bond acceptors (Lipinski definition) is 2. The van der Waals surface area contributed by atoms with Crippen LogP contribution in [0.3, 0.4) is 0 Å². The van der Waals surface area contributed by atoms with E-state index in [1.165, 1.54) is 6.92 Å². The van der Waals surface area contributed by atoms with Gasteiger partial charge in [-0.2, -0.15) is 0 Å². The molecule has 0 heterocycles. The highest BCUT2D eigenvalue weighted by Gasteiger charge is 2.24. The summed E-state index contributed by atoms with van der Waals surface area (Å²) in [5, 5.41) is 8.75. The van der Waals surface area contributed by atoms with Crippen LogP contribution >= 0.6 is 0 Å². The minimum absolute atomic E-state index is 0.129. The van der Waals surface area contributed by atoms with Gasteiger partial charge >= 0.3 is 5.97 Å². The third kappa shape index (κ3) is 3.49. The number of rotatable bonds is 4. The van der Waals surface area contributed by atoms with Gasteiger partial charge in [0.2, 0.25) is 0 Å². The zero-order valence-electron chi connectivity index (χ0n) is 10.9. The molecule has 1 N–H and O–H groups in total. The van der Waals surface area contributed by atoms with Gasteiger partial charge in [-0.15, -0.1) is 0 Å². The molecule has 0 unspecified atom stereocenters. The summed E-state index contributed by atoms with van der Waals surface area (Å²) in [6.45, 7) is 4.11. The molecule has 0 aliphatic carbocycles. The van der Waals surface area contributed by atoms with Crippen LogP contribution < -0.4 is 0 Å². The topological polar surface area (TPSA) is 57.6 Å². The largest absolute Gasteiger partial charge is 0.480 e. The second kappa shape index (κ2) is 5.77. The van der Waals surface area contributed by atoms with Crippen molar-refractivity contribution in [1.82, 2.24) is 4.90 Å². The fourth-order valence-electron chi connectivity index (χ4n) is 1.61. The molecule has 19 heavy (non-hydrogen) atoms. The number of nitrogens with zero attached hydrogens (tertiary/aromatic N) is 1. The van der Waals surface area contributed by atoms with Crippen molar-refractivity contribution in [1.29, 1.82) is 0 Å². The van der Waals surface area contributed by atoms with Crippen LogP contribution in [0.4, 0.5) is 8.78 Å². The first-order valence-corrected chi connectivity index (χ1v) is 5.72. The fourth-order valence-corrected chi connectivity index (χ4v) is 1.61. The fraction of sp³-hybridized carbons (Fsp3) is 0.385. The minimum Gasteiger partial charge on any atom is -0.480 e. The molecule has 1 rings (SSSR count). The summed E-state index contributed by atoms with van der Waals surface area (Å²) in [5.74, 6) is -3.70. The van der Waals surface area contributed by atoms with Gasteiger partial charge in [-0.1, -0.05) is 0 Å².